The molecule has 0 aliphatic carbocycles. The van der Waals surface area contributed by atoms with Crippen LogP contribution in [0.3, 0.4) is 0 Å². The van der Waals surface area contributed by atoms with Crippen LogP contribution >= 0.6 is 0 Å². The Labute approximate surface area is 153 Å². The Bertz CT molecular complexity index is 725. The van der Waals surface area contributed by atoms with Crippen molar-refractivity contribution in [3.8, 4) is 0 Å². The summed E-state index contributed by atoms with van der Waals surface area (Å²) in [7, 11) is 0. The number of carbonyl (C=O) groups excluding carboxylic acids is 1. The highest BCUT2D eigenvalue weighted by atomic mass is 19.1. The van der Waals surface area contributed by atoms with E-state index in [2.05, 4.69) is 44.6 Å². The van der Waals surface area contributed by atoms with E-state index in [1.54, 1.807) is 12.1 Å². The SMILES string of the molecule is O=C(CCN1CCN(c2ccccc2)CC1)NN=Cc1ccc(F)cc1. The maximum Gasteiger partial charge on any atom is 0.241 e. The molecule has 1 N–H and O–H groups in total. The van der Waals surface area contributed by atoms with Crippen molar-refractivity contribution in [1.29, 1.82) is 0 Å². The number of benzene rings is 2. The number of nitrogens with zero attached hydrogens (tertiary/aromatic N) is 3. The Balaban J connectivity index is 1.35. The summed E-state index contributed by atoms with van der Waals surface area (Å²) in [4.78, 5) is 16.6. The molecule has 1 heterocycles. The molecule has 1 saturated heterocycles. The lowest BCUT2D eigenvalue weighted by molar-refractivity contribution is -0.121. The van der Waals surface area contributed by atoms with Gasteiger partial charge in [0.1, 0.15) is 5.82 Å². The molecule has 2 aromatic carbocycles. The molecule has 0 spiro atoms. The number of hydrogen-bond donors (Lipinski definition) is 1. The first kappa shape index (κ1) is 18.1. The summed E-state index contributed by atoms with van der Waals surface area (Å²) in [6.45, 7) is 4.55. The Hall–Kier alpha value is -2.73. The first-order chi connectivity index (χ1) is 12.7. The standard InChI is InChI=1S/C20H23FN4O/c21-18-8-6-17(7-9-18)16-22-23-20(26)10-11-24-12-14-25(15-13-24)19-4-2-1-3-5-19/h1-9,16H,10-15H2,(H,23,26). The maximum absolute atomic E-state index is 12.8. The van der Waals surface area contributed by atoms with Gasteiger partial charge in [-0.3, -0.25) is 9.69 Å². The molecule has 0 radical (unpaired) electrons. The van der Waals surface area contributed by atoms with Gasteiger partial charge in [0.25, 0.3) is 0 Å². The Morgan fingerprint density at radius 2 is 1.73 bits per heavy atom. The molecule has 0 saturated carbocycles. The van der Waals surface area contributed by atoms with Gasteiger partial charge in [0.15, 0.2) is 0 Å². The molecule has 26 heavy (non-hydrogen) atoms. The lowest BCUT2D eigenvalue weighted by Gasteiger charge is -2.36. The summed E-state index contributed by atoms with van der Waals surface area (Å²) in [5, 5.41) is 3.91. The van der Waals surface area contributed by atoms with Crippen LogP contribution in [0.2, 0.25) is 0 Å². The van der Waals surface area contributed by atoms with E-state index in [4.69, 9.17) is 0 Å². The molecule has 5 nitrogen and oxygen atoms in total. The van der Waals surface area contributed by atoms with Crippen molar-refractivity contribution in [1.82, 2.24) is 10.3 Å². The quantitative estimate of drug-likeness (QED) is 0.640. The second kappa shape index (κ2) is 9.10. The van der Waals surface area contributed by atoms with Gasteiger partial charge in [-0.25, -0.2) is 9.82 Å². The third-order valence-electron chi connectivity index (χ3n) is 4.42. The monoisotopic (exact) mass is 354 g/mol. The topological polar surface area (TPSA) is 47.9 Å². The van der Waals surface area contributed by atoms with Gasteiger partial charge >= 0.3 is 0 Å². The summed E-state index contributed by atoms with van der Waals surface area (Å²) >= 11 is 0. The first-order valence-electron chi connectivity index (χ1n) is 8.80. The molecule has 3 rings (SSSR count). The van der Waals surface area contributed by atoms with E-state index in [1.165, 1.54) is 24.0 Å². The van der Waals surface area contributed by atoms with Crippen LogP contribution in [0.25, 0.3) is 0 Å². The largest absolute Gasteiger partial charge is 0.369 e. The van der Waals surface area contributed by atoms with E-state index >= 15 is 0 Å². The fourth-order valence-electron chi connectivity index (χ4n) is 2.91. The van der Waals surface area contributed by atoms with Crippen LogP contribution in [0.15, 0.2) is 59.7 Å². The highest BCUT2D eigenvalue weighted by Crippen LogP contribution is 2.15. The van der Waals surface area contributed by atoms with Crippen molar-refractivity contribution in [3.05, 3.63) is 66.0 Å². The van der Waals surface area contributed by atoms with Gasteiger partial charge in [-0.05, 0) is 29.8 Å². The van der Waals surface area contributed by atoms with E-state index in [0.29, 0.717) is 6.42 Å². The lowest BCUT2D eigenvalue weighted by atomic mass is 10.2. The fraction of sp³-hybridized carbons (Fsp3) is 0.300. The van der Waals surface area contributed by atoms with E-state index in [1.807, 2.05) is 6.07 Å². The van der Waals surface area contributed by atoms with Crippen LogP contribution < -0.4 is 10.3 Å². The Kier molecular flexibility index (Phi) is 6.33. The van der Waals surface area contributed by atoms with Crippen molar-refractivity contribution in [2.75, 3.05) is 37.6 Å². The highest BCUT2D eigenvalue weighted by Gasteiger charge is 2.17. The van der Waals surface area contributed by atoms with Crippen molar-refractivity contribution in [2.24, 2.45) is 5.10 Å². The van der Waals surface area contributed by atoms with Crippen molar-refractivity contribution < 1.29 is 9.18 Å². The number of anilines is 1. The highest BCUT2D eigenvalue weighted by molar-refractivity contribution is 5.82. The van der Waals surface area contributed by atoms with Crippen LogP contribution in [0.5, 0.6) is 0 Å². The summed E-state index contributed by atoms with van der Waals surface area (Å²) in [6, 6.07) is 16.3. The number of nitrogens with one attached hydrogen (secondary N) is 1. The van der Waals surface area contributed by atoms with Crippen LogP contribution in [0.4, 0.5) is 10.1 Å². The average molecular weight is 354 g/mol. The van der Waals surface area contributed by atoms with Crippen LogP contribution in [0, 0.1) is 5.82 Å². The third kappa shape index (κ3) is 5.39. The third-order valence-corrected chi connectivity index (χ3v) is 4.42. The van der Waals surface area contributed by atoms with Gasteiger partial charge in [0, 0.05) is 44.8 Å². The minimum atomic E-state index is -0.293. The molecular weight excluding hydrogens is 331 g/mol. The number of amides is 1. The predicted octanol–water partition coefficient (Wildman–Crippen LogP) is 2.49. The van der Waals surface area contributed by atoms with Gasteiger partial charge in [-0.15, -0.1) is 0 Å². The zero-order valence-electron chi connectivity index (χ0n) is 14.6. The molecule has 6 heteroatoms. The smallest absolute Gasteiger partial charge is 0.241 e. The summed E-state index contributed by atoms with van der Waals surface area (Å²) in [5.74, 6) is -0.410. The molecule has 2 aromatic rings. The zero-order chi connectivity index (χ0) is 18.2. The van der Waals surface area contributed by atoms with Crippen molar-refractivity contribution >= 4 is 17.8 Å². The summed E-state index contributed by atoms with van der Waals surface area (Å²) in [5.41, 5.74) is 4.51. The average Bonchev–Trinajstić information content (AvgIpc) is 2.69. The molecule has 0 bridgehead atoms. The molecule has 1 aliphatic rings. The molecule has 1 amide bonds. The number of halogens is 1. The van der Waals surface area contributed by atoms with Crippen molar-refractivity contribution in [3.63, 3.8) is 0 Å². The molecule has 0 aromatic heterocycles. The van der Waals surface area contributed by atoms with Gasteiger partial charge < -0.3 is 4.90 Å². The minimum Gasteiger partial charge on any atom is -0.369 e. The number of carbonyl (C=O) groups is 1. The number of piperazine rings is 1. The van der Waals surface area contributed by atoms with Crippen LogP contribution in [-0.4, -0.2) is 49.7 Å². The van der Waals surface area contributed by atoms with Gasteiger partial charge in [0.05, 0.1) is 6.21 Å². The van der Waals surface area contributed by atoms with E-state index in [-0.39, 0.29) is 11.7 Å². The summed E-state index contributed by atoms with van der Waals surface area (Å²) in [6.07, 6.45) is 1.92. The Morgan fingerprint density at radius 3 is 2.42 bits per heavy atom. The molecule has 1 fully saturated rings. The number of para-hydroxylation sites is 1. The van der Waals surface area contributed by atoms with E-state index < -0.39 is 0 Å². The molecule has 0 atom stereocenters. The van der Waals surface area contributed by atoms with Crippen LogP contribution in [0.1, 0.15) is 12.0 Å². The van der Waals surface area contributed by atoms with Gasteiger partial charge in [0.2, 0.25) is 5.91 Å². The number of hydrogen-bond acceptors (Lipinski definition) is 4. The number of rotatable bonds is 6. The first-order valence-corrected chi connectivity index (χ1v) is 8.80. The van der Waals surface area contributed by atoms with Gasteiger partial charge in [-0.2, -0.15) is 5.10 Å². The minimum absolute atomic E-state index is 0.117. The fourth-order valence-corrected chi connectivity index (χ4v) is 2.91. The maximum atomic E-state index is 12.8. The zero-order valence-corrected chi connectivity index (χ0v) is 14.6. The van der Waals surface area contributed by atoms with E-state index in [0.717, 1.165) is 38.3 Å². The molecule has 1 aliphatic heterocycles. The van der Waals surface area contributed by atoms with Crippen LogP contribution in [-0.2, 0) is 4.79 Å². The summed E-state index contributed by atoms with van der Waals surface area (Å²) < 4.78 is 12.8. The lowest BCUT2D eigenvalue weighted by Crippen LogP contribution is -2.47. The molecule has 136 valence electrons. The molecule has 0 unspecified atom stereocenters. The second-order valence-corrected chi connectivity index (χ2v) is 6.26. The predicted molar refractivity (Wildman–Crippen MR) is 102 cm³/mol. The molecular formula is C20H23FN4O. The van der Waals surface area contributed by atoms with Crippen molar-refractivity contribution in [2.45, 2.75) is 6.42 Å². The van der Waals surface area contributed by atoms with E-state index in [9.17, 15) is 9.18 Å². The Morgan fingerprint density at radius 1 is 1.04 bits per heavy atom. The normalized spacial score (nSPS) is 15.3. The number of hydrazone groups is 1. The van der Waals surface area contributed by atoms with Gasteiger partial charge in [-0.1, -0.05) is 30.3 Å². The second-order valence-electron chi connectivity index (χ2n) is 6.26.